The number of nitrogen functional groups attached to an aromatic ring is 2. The number of nitrogens with two attached hydrogens (primary N) is 2. The highest BCUT2D eigenvalue weighted by atomic mass is 31.3. The minimum atomic E-state index is -6.11. The van der Waals surface area contributed by atoms with Crippen LogP contribution in [-0.2, 0) is 75.8 Å². The summed E-state index contributed by atoms with van der Waals surface area (Å²) in [5.41, 5.74) is 9.26. The van der Waals surface area contributed by atoms with E-state index >= 15 is 0 Å². The molecule has 5 aromatic rings. The maximum absolute atomic E-state index is 13.6. The third-order valence-electron chi connectivity index (χ3n) is 12.1. The van der Waals surface area contributed by atoms with E-state index in [1.165, 1.54) is 46.1 Å². The Morgan fingerprint density at radius 3 is 2.21 bits per heavy atom. The number of methoxy groups -OCH3 is 1. The van der Waals surface area contributed by atoms with E-state index in [1.54, 1.807) is 0 Å². The number of nitrogens with one attached hydrogen (secondary N) is 2. The molecule has 3 aliphatic heterocycles. The molecule has 0 aromatic carbocycles. The molecule has 8 heterocycles. The number of nitrogens with zero attached hydrogens (tertiary/aromatic N) is 9. The molecule has 420 valence electrons. The number of phosphoric acid groups is 3. The molecular formula is C35H49BN13O24P4+. The topological polar surface area (TPSA) is 507 Å². The molecule has 2 radical (unpaired) electrons. The fourth-order valence-corrected chi connectivity index (χ4v) is 13.1. The maximum Gasteiger partial charge on any atom is 0.487 e. The van der Waals surface area contributed by atoms with E-state index < -0.39 is 153 Å². The smallest absolute Gasteiger partial charge is 0.387 e. The molecule has 0 aliphatic carbocycles. The van der Waals surface area contributed by atoms with Crippen LogP contribution in [0.1, 0.15) is 25.1 Å². The van der Waals surface area contributed by atoms with Crippen LogP contribution in [0.2, 0.25) is 0 Å². The van der Waals surface area contributed by atoms with Crippen molar-refractivity contribution < 1.29 is 103 Å². The first-order valence-electron chi connectivity index (χ1n) is 22.1. The Balaban J connectivity index is 0.951. The molecule has 0 spiro atoms. The van der Waals surface area contributed by atoms with Gasteiger partial charge in [0, 0.05) is 45.8 Å². The van der Waals surface area contributed by atoms with Crippen molar-refractivity contribution in [2.75, 3.05) is 52.5 Å². The van der Waals surface area contributed by atoms with Crippen LogP contribution in [0.15, 0.2) is 45.6 Å². The van der Waals surface area contributed by atoms with Gasteiger partial charge < -0.3 is 69.8 Å². The van der Waals surface area contributed by atoms with Crippen LogP contribution in [0.25, 0.3) is 22.3 Å². The molecule has 77 heavy (non-hydrogen) atoms. The number of fused-ring (bicyclic) bond motifs is 2. The van der Waals surface area contributed by atoms with Gasteiger partial charge in [-0.3, -0.25) is 56.2 Å². The number of imidazole rings is 2. The van der Waals surface area contributed by atoms with Gasteiger partial charge in [-0.15, -0.1) is 0 Å². The Labute approximate surface area is 431 Å². The largest absolute Gasteiger partial charge is 0.487 e. The van der Waals surface area contributed by atoms with Crippen molar-refractivity contribution in [1.82, 2.24) is 48.5 Å². The van der Waals surface area contributed by atoms with Crippen molar-refractivity contribution in [1.29, 1.82) is 0 Å². The molecule has 0 bridgehead atoms. The van der Waals surface area contributed by atoms with E-state index in [4.69, 9.17) is 56.1 Å². The number of phosphoric ester groups is 2. The summed E-state index contributed by atoms with van der Waals surface area (Å²) in [5.74, 6) is -2.09. The molecule has 3 aliphatic rings. The Morgan fingerprint density at radius 2 is 1.52 bits per heavy atom. The number of aliphatic hydroxyl groups excluding tert-OH is 3. The molecule has 3 fully saturated rings. The minimum Gasteiger partial charge on any atom is -0.387 e. The van der Waals surface area contributed by atoms with Crippen LogP contribution in [0, 0.1) is 5.92 Å². The lowest BCUT2D eigenvalue weighted by Gasteiger charge is -2.26. The number of aryl methyl sites for hydroxylation is 1. The summed E-state index contributed by atoms with van der Waals surface area (Å²) in [6, 6.07) is 0.926. The second kappa shape index (κ2) is 22.3. The highest BCUT2D eigenvalue weighted by Gasteiger charge is 2.54. The van der Waals surface area contributed by atoms with E-state index in [0.29, 0.717) is 0 Å². The van der Waals surface area contributed by atoms with Crippen molar-refractivity contribution in [3.05, 3.63) is 62.4 Å². The number of hydrogen-bond donors (Lipinski definition) is 10. The zero-order valence-electron chi connectivity index (χ0n) is 40.2. The number of rotatable bonds is 21. The monoisotopic (exact) mass is 1170 g/mol. The predicted molar refractivity (Wildman–Crippen MR) is 252 cm³/mol. The first kappa shape index (κ1) is 58.2. The summed E-state index contributed by atoms with van der Waals surface area (Å²) in [4.78, 5) is 103. The number of carbonyl (C=O) groups excluding carboxylic acids is 1. The second-order valence-corrected chi connectivity index (χ2v) is 23.6. The van der Waals surface area contributed by atoms with E-state index in [9.17, 15) is 67.4 Å². The standard InChI is InChI=1S/C35H48BN13O24P4/c1-45(2)19(51)7-14-15(68-31(22(14)52)49-13-46(3)21-29(49)43-34(38)44-30(21)55)8-65-74(36,57)72-77(62,63)73-76(60,61)67-10-17-25(26(64-4)33(70-17)48-12-41-20-27(37)39-11-40-28(20)48)71-75(58,59)66-9-16-23(53)24(54)32(69-16)47-6-5-18(50)42-35(47)56/h5-6,11-17,22-26,31-33,52-54H,7-10H2,1-4H3,(H8-,37,38,39,40,42,43,44,50,55,56,58,59,60,61,62,63)/p+1/t14-,15-,16-,17-,22-,23-,24-,25-,26-,31-,32-,33-,74?/m1/s1. The van der Waals surface area contributed by atoms with E-state index in [0.717, 1.165) is 36.6 Å². The van der Waals surface area contributed by atoms with Crippen molar-refractivity contribution >= 4 is 78.5 Å². The van der Waals surface area contributed by atoms with Gasteiger partial charge in [0.2, 0.25) is 25.2 Å². The highest BCUT2D eigenvalue weighted by molar-refractivity contribution is 7.84. The Bertz CT molecular complexity index is 3420. The first-order chi connectivity index (χ1) is 36.0. The van der Waals surface area contributed by atoms with Gasteiger partial charge in [0.15, 0.2) is 30.2 Å². The van der Waals surface area contributed by atoms with Crippen molar-refractivity contribution in [2.45, 2.75) is 73.9 Å². The zero-order chi connectivity index (χ0) is 56.3. The molecule has 1 amide bonds. The molecule has 42 heteroatoms. The number of H-pyrrole nitrogens is 2. The molecule has 4 unspecified atom stereocenters. The van der Waals surface area contributed by atoms with Crippen LogP contribution >= 0.6 is 30.9 Å². The van der Waals surface area contributed by atoms with Gasteiger partial charge in [0.25, 0.3) is 24.5 Å². The molecule has 37 nitrogen and oxygen atoms in total. The van der Waals surface area contributed by atoms with Crippen LogP contribution in [-0.4, -0.2) is 182 Å². The van der Waals surface area contributed by atoms with Crippen molar-refractivity contribution in [2.24, 2.45) is 13.0 Å². The number of aromatic amines is 2. The van der Waals surface area contributed by atoms with Gasteiger partial charge in [-0.25, -0.2) is 42.3 Å². The molecule has 3 saturated heterocycles. The van der Waals surface area contributed by atoms with Crippen LogP contribution in [0.5, 0.6) is 0 Å². The molecule has 12 N–H and O–H groups in total. The average Bonchev–Trinajstić information content (AvgIpc) is 4.13. The fraction of sp³-hybridized carbons (Fsp3) is 0.571. The number of aromatic nitrogens is 10. The van der Waals surface area contributed by atoms with Crippen LogP contribution < -0.4 is 32.8 Å². The Hall–Kier alpha value is -5.01. The third kappa shape index (κ3) is 12.6. The van der Waals surface area contributed by atoms with Gasteiger partial charge >= 0.3 is 34.8 Å². The summed E-state index contributed by atoms with van der Waals surface area (Å²) in [6.07, 6.45) is -14.0. The van der Waals surface area contributed by atoms with Gasteiger partial charge in [-0.2, -0.15) is 4.31 Å². The Morgan fingerprint density at radius 1 is 0.844 bits per heavy atom. The maximum atomic E-state index is 13.6. The van der Waals surface area contributed by atoms with E-state index in [1.807, 2.05) is 4.98 Å². The molecule has 0 saturated carbocycles. The van der Waals surface area contributed by atoms with Crippen LogP contribution in [0.4, 0.5) is 11.8 Å². The lowest BCUT2D eigenvalue weighted by atomic mass is 9.94. The fourth-order valence-electron chi connectivity index (χ4n) is 8.53. The lowest BCUT2D eigenvalue weighted by Crippen LogP contribution is -2.45. The molecule has 5 aromatic heterocycles. The molecule has 16 atom stereocenters. The van der Waals surface area contributed by atoms with Gasteiger partial charge in [-0.1, -0.05) is 4.98 Å². The normalized spacial score (nSPS) is 29.8. The zero-order valence-corrected chi connectivity index (χ0v) is 43.8. The van der Waals surface area contributed by atoms with Crippen molar-refractivity contribution in [3.8, 4) is 0 Å². The molecular weight excluding hydrogens is 1120 g/mol. The SMILES string of the molecule is [B]P(=O)(OC[C@H]1O[C@@H]([n+]2cn(C)c3c(=O)[nH]c(N)nc32)[C@H](O)[C@@H]1CC(=O)N(C)C)OP(=O)(O)OP(=O)(O)OC[C@H]1O[C@@H](n2cnc3c(N)ncnc32)[C@H](OC)[C@@H]1OP(=O)(O)OC[C@H]1O[C@@H](n2ccc(=O)[nH]c2=O)[C@H](O)[C@@H]1O. The summed E-state index contributed by atoms with van der Waals surface area (Å²) < 4.78 is 111. The first-order valence-corrected chi connectivity index (χ1v) is 28.2. The number of carbonyl (C=O) groups is 1. The number of aliphatic hydroxyl groups is 3. The second-order valence-electron chi connectivity index (χ2n) is 17.4. The van der Waals surface area contributed by atoms with Gasteiger partial charge in [-0.05, 0) is 0 Å². The third-order valence-corrected chi connectivity index (χ3v) is 17.4. The minimum absolute atomic E-state index is 0.00958. The lowest BCUT2D eigenvalue weighted by molar-refractivity contribution is -0.745. The highest BCUT2D eigenvalue weighted by Crippen LogP contribution is 2.68. The van der Waals surface area contributed by atoms with Gasteiger partial charge in [0.05, 0.1) is 39.3 Å². The van der Waals surface area contributed by atoms with E-state index in [-0.39, 0.29) is 34.1 Å². The average molecular weight is 1170 g/mol. The van der Waals surface area contributed by atoms with Gasteiger partial charge in [0.1, 0.15) is 54.6 Å². The number of amides is 1. The number of ether oxygens (including phenoxy) is 4. The van der Waals surface area contributed by atoms with Crippen molar-refractivity contribution in [3.63, 3.8) is 0 Å². The molecule has 8 rings (SSSR count). The Kier molecular flexibility index (Phi) is 16.8. The summed E-state index contributed by atoms with van der Waals surface area (Å²) in [6.45, 7) is -3.20. The number of hydrogen-bond acceptors (Lipinski definition) is 27. The summed E-state index contributed by atoms with van der Waals surface area (Å²) >= 11 is 0. The predicted octanol–water partition coefficient (Wildman–Crippen LogP) is -3.97. The quantitative estimate of drug-likeness (QED) is 0.0190. The summed E-state index contributed by atoms with van der Waals surface area (Å²) in [7, 11) is -11.8. The number of anilines is 2. The van der Waals surface area contributed by atoms with Crippen LogP contribution in [0.3, 0.4) is 0 Å². The van der Waals surface area contributed by atoms with E-state index in [2.05, 4.69) is 33.5 Å². The summed E-state index contributed by atoms with van der Waals surface area (Å²) in [5, 5.41) is 32.8.